The molecule has 140 valence electrons. The van der Waals surface area contributed by atoms with E-state index in [1.54, 1.807) is 14.0 Å². The smallest absolute Gasteiger partial charge is 0.230 e. The topological polar surface area (TPSA) is 103 Å². The largest absolute Gasteiger partial charge is 0.496 e. The number of rotatable bonds is 8. The van der Waals surface area contributed by atoms with Gasteiger partial charge < -0.3 is 20.1 Å². The van der Waals surface area contributed by atoms with Gasteiger partial charge in [0, 0.05) is 18.7 Å². The van der Waals surface area contributed by atoms with Crippen molar-refractivity contribution >= 4 is 16.3 Å². The van der Waals surface area contributed by atoms with Crippen LogP contribution in [0.1, 0.15) is 22.3 Å². The second kappa shape index (κ2) is 8.00. The average molecular weight is 378 g/mol. The minimum Gasteiger partial charge on any atom is -0.496 e. The van der Waals surface area contributed by atoms with Crippen molar-refractivity contribution in [2.45, 2.75) is 13.0 Å². The van der Waals surface area contributed by atoms with Crippen molar-refractivity contribution in [2.24, 2.45) is 0 Å². The number of ether oxygens (including phenoxy) is 1. The lowest BCUT2D eigenvalue weighted by molar-refractivity contribution is 0.135. The third kappa shape index (κ3) is 3.38. The van der Waals surface area contributed by atoms with Crippen molar-refractivity contribution in [1.82, 2.24) is 19.5 Å². The molecule has 2 heterocycles. The SMILES string of the molecule is COc1ccccc1C(c1sc2nc(C)nn2c1O)N(CCO)CCO. The van der Waals surface area contributed by atoms with Gasteiger partial charge in [-0.2, -0.15) is 4.52 Å². The van der Waals surface area contributed by atoms with E-state index in [9.17, 15) is 15.3 Å². The van der Waals surface area contributed by atoms with E-state index >= 15 is 0 Å². The molecule has 0 saturated heterocycles. The van der Waals surface area contributed by atoms with E-state index in [0.29, 0.717) is 34.5 Å². The Balaban J connectivity index is 2.18. The van der Waals surface area contributed by atoms with Gasteiger partial charge in [0.1, 0.15) is 11.6 Å². The summed E-state index contributed by atoms with van der Waals surface area (Å²) in [4.78, 5) is 7.44. The van der Waals surface area contributed by atoms with E-state index in [4.69, 9.17) is 4.74 Å². The number of hydrogen-bond donors (Lipinski definition) is 3. The number of para-hydroxylation sites is 1. The highest BCUT2D eigenvalue weighted by Crippen LogP contribution is 2.42. The van der Waals surface area contributed by atoms with Gasteiger partial charge in [-0.1, -0.05) is 29.5 Å². The zero-order valence-electron chi connectivity index (χ0n) is 14.7. The van der Waals surface area contributed by atoms with E-state index < -0.39 is 6.04 Å². The van der Waals surface area contributed by atoms with Gasteiger partial charge >= 0.3 is 0 Å². The maximum atomic E-state index is 10.8. The fraction of sp³-hybridized carbons (Fsp3) is 0.412. The minimum absolute atomic E-state index is 0.00221. The Kier molecular flexibility index (Phi) is 5.72. The quantitative estimate of drug-likeness (QED) is 0.541. The Morgan fingerprint density at radius 1 is 1.23 bits per heavy atom. The molecule has 0 radical (unpaired) electrons. The van der Waals surface area contributed by atoms with Gasteiger partial charge in [0.05, 0.1) is 31.2 Å². The molecule has 1 unspecified atom stereocenters. The van der Waals surface area contributed by atoms with E-state index in [1.807, 2.05) is 29.2 Å². The fourth-order valence-electron chi connectivity index (χ4n) is 3.05. The molecular weight excluding hydrogens is 356 g/mol. The molecular formula is C17H22N4O4S. The van der Waals surface area contributed by atoms with Crippen molar-refractivity contribution in [3.8, 4) is 11.6 Å². The molecule has 1 atom stereocenters. The Labute approximate surface area is 154 Å². The number of aliphatic hydroxyl groups is 2. The van der Waals surface area contributed by atoms with Crippen molar-refractivity contribution < 1.29 is 20.1 Å². The molecule has 26 heavy (non-hydrogen) atoms. The standard InChI is InChI=1S/C17H22N4O4S/c1-11-18-17-21(19-11)16(24)15(26-17)14(20(7-9-22)8-10-23)12-5-3-4-6-13(12)25-2/h3-6,14,22-24H,7-10H2,1-2H3. The van der Waals surface area contributed by atoms with Crippen molar-refractivity contribution in [3.05, 3.63) is 40.5 Å². The van der Waals surface area contributed by atoms with Crippen LogP contribution in [-0.2, 0) is 0 Å². The summed E-state index contributed by atoms with van der Waals surface area (Å²) in [7, 11) is 1.59. The summed E-state index contributed by atoms with van der Waals surface area (Å²) in [6.07, 6.45) is 0. The van der Waals surface area contributed by atoms with Gasteiger partial charge in [0.15, 0.2) is 0 Å². The number of aliphatic hydroxyl groups excluding tert-OH is 2. The van der Waals surface area contributed by atoms with Gasteiger partial charge in [0.25, 0.3) is 0 Å². The van der Waals surface area contributed by atoms with Crippen LogP contribution in [0.5, 0.6) is 11.6 Å². The number of methoxy groups -OCH3 is 1. The zero-order valence-corrected chi connectivity index (χ0v) is 15.5. The Morgan fingerprint density at radius 2 is 1.92 bits per heavy atom. The van der Waals surface area contributed by atoms with E-state index in [-0.39, 0.29) is 19.1 Å². The molecule has 3 aromatic rings. The summed E-state index contributed by atoms with van der Waals surface area (Å²) in [6, 6.07) is 7.09. The van der Waals surface area contributed by atoms with Crippen LogP contribution in [0.4, 0.5) is 0 Å². The lowest BCUT2D eigenvalue weighted by Gasteiger charge is -2.31. The number of aromatic hydroxyl groups is 1. The highest BCUT2D eigenvalue weighted by Gasteiger charge is 2.31. The van der Waals surface area contributed by atoms with Crippen LogP contribution < -0.4 is 4.74 Å². The monoisotopic (exact) mass is 378 g/mol. The van der Waals surface area contributed by atoms with E-state index in [0.717, 1.165) is 5.56 Å². The first-order chi connectivity index (χ1) is 12.6. The fourth-order valence-corrected chi connectivity index (χ4v) is 4.20. The number of thiazole rings is 1. The van der Waals surface area contributed by atoms with Crippen LogP contribution in [0.2, 0.25) is 0 Å². The van der Waals surface area contributed by atoms with Gasteiger partial charge in [0.2, 0.25) is 10.8 Å². The molecule has 3 rings (SSSR count). The highest BCUT2D eigenvalue weighted by atomic mass is 32.1. The summed E-state index contributed by atoms with van der Waals surface area (Å²) in [5, 5.41) is 34.0. The van der Waals surface area contributed by atoms with Crippen molar-refractivity contribution in [3.63, 3.8) is 0 Å². The number of aromatic nitrogens is 3. The second-order valence-electron chi connectivity index (χ2n) is 5.77. The molecule has 9 heteroatoms. The summed E-state index contributed by atoms with van der Waals surface area (Å²) in [5.74, 6) is 1.24. The van der Waals surface area contributed by atoms with Crippen LogP contribution >= 0.6 is 11.3 Å². The Morgan fingerprint density at radius 3 is 2.54 bits per heavy atom. The van der Waals surface area contributed by atoms with Gasteiger partial charge in [-0.25, -0.2) is 4.98 Å². The number of nitrogens with zero attached hydrogens (tertiary/aromatic N) is 4. The molecule has 0 amide bonds. The Bertz CT molecular complexity index is 873. The first-order valence-corrected chi connectivity index (χ1v) is 9.06. The predicted molar refractivity (Wildman–Crippen MR) is 97.8 cm³/mol. The first kappa shape index (κ1) is 18.6. The number of fused-ring (bicyclic) bond motifs is 1. The third-order valence-electron chi connectivity index (χ3n) is 4.13. The molecule has 0 saturated carbocycles. The lowest BCUT2D eigenvalue weighted by atomic mass is 10.0. The van der Waals surface area contributed by atoms with Crippen LogP contribution in [-0.4, -0.2) is 68.2 Å². The van der Waals surface area contributed by atoms with Crippen molar-refractivity contribution in [2.75, 3.05) is 33.4 Å². The van der Waals surface area contributed by atoms with E-state index in [2.05, 4.69) is 10.1 Å². The molecule has 8 nitrogen and oxygen atoms in total. The number of benzene rings is 1. The first-order valence-electron chi connectivity index (χ1n) is 8.24. The van der Waals surface area contributed by atoms with Gasteiger partial charge in [-0.15, -0.1) is 5.10 Å². The lowest BCUT2D eigenvalue weighted by Crippen LogP contribution is -2.34. The summed E-state index contributed by atoms with van der Waals surface area (Å²) >= 11 is 1.33. The minimum atomic E-state index is -0.417. The van der Waals surface area contributed by atoms with Gasteiger partial charge in [-0.3, -0.25) is 4.90 Å². The van der Waals surface area contributed by atoms with Crippen LogP contribution in [0, 0.1) is 6.92 Å². The number of hydrogen-bond acceptors (Lipinski definition) is 8. The number of aryl methyl sites for hydroxylation is 1. The van der Waals surface area contributed by atoms with Crippen LogP contribution in [0.25, 0.3) is 4.96 Å². The van der Waals surface area contributed by atoms with E-state index in [1.165, 1.54) is 15.9 Å². The van der Waals surface area contributed by atoms with Crippen molar-refractivity contribution in [1.29, 1.82) is 0 Å². The molecule has 3 N–H and O–H groups in total. The van der Waals surface area contributed by atoms with Crippen LogP contribution in [0.3, 0.4) is 0 Å². The summed E-state index contributed by atoms with van der Waals surface area (Å²) < 4.78 is 6.91. The zero-order chi connectivity index (χ0) is 18.7. The Hall–Kier alpha value is -2.20. The average Bonchev–Trinajstić information content (AvgIpc) is 3.14. The second-order valence-corrected chi connectivity index (χ2v) is 6.78. The van der Waals surface area contributed by atoms with Gasteiger partial charge in [-0.05, 0) is 13.0 Å². The molecule has 0 spiro atoms. The molecule has 0 aliphatic rings. The maximum Gasteiger partial charge on any atom is 0.230 e. The molecule has 0 fully saturated rings. The molecule has 0 bridgehead atoms. The normalized spacial score (nSPS) is 12.8. The highest BCUT2D eigenvalue weighted by molar-refractivity contribution is 7.17. The summed E-state index contributed by atoms with van der Waals surface area (Å²) in [6.45, 7) is 2.27. The maximum absolute atomic E-state index is 10.8. The molecule has 2 aromatic heterocycles. The van der Waals surface area contributed by atoms with Crippen LogP contribution in [0.15, 0.2) is 24.3 Å². The molecule has 1 aromatic carbocycles. The predicted octanol–water partition coefficient (Wildman–Crippen LogP) is 1.19. The summed E-state index contributed by atoms with van der Waals surface area (Å²) in [5.41, 5.74) is 0.827. The third-order valence-corrected chi connectivity index (χ3v) is 5.20. The molecule has 0 aliphatic carbocycles. The molecule has 0 aliphatic heterocycles.